The Morgan fingerprint density at radius 3 is 2.24 bits per heavy atom. The summed E-state index contributed by atoms with van der Waals surface area (Å²) in [7, 11) is 2.10. The maximum absolute atomic E-state index is 3.48. The van der Waals surface area contributed by atoms with Crippen molar-refractivity contribution in [2.75, 3.05) is 26.7 Å². The number of hydrogen-bond donors (Lipinski definition) is 1. The average molecular weight is 240 g/mol. The van der Waals surface area contributed by atoms with Gasteiger partial charge in [0.1, 0.15) is 0 Å². The molecular formula is C15H32N2. The van der Waals surface area contributed by atoms with Gasteiger partial charge in [0.2, 0.25) is 0 Å². The SMILES string of the molecule is CCCC1CCN(CC(NC)C(C)(C)C)CC1. The molecule has 0 spiro atoms. The molecule has 1 rings (SSSR count). The third kappa shape index (κ3) is 4.97. The molecule has 0 bridgehead atoms. The molecule has 0 aromatic rings. The standard InChI is InChI=1S/C15H32N2/c1-6-7-13-8-10-17(11-9-13)12-14(16-5)15(2,3)4/h13-14,16H,6-12H2,1-5H3. The Balaban J connectivity index is 2.34. The van der Waals surface area contributed by atoms with Crippen LogP contribution in [0.2, 0.25) is 0 Å². The van der Waals surface area contributed by atoms with Crippen LogP contribution in [-0.4, -0.2) is 37.6 Å². The molecule has 0 aromatic carbocycles. The Morgan fingerprint density at radius 2 is 1.82 bits per heavy atom. The molecule has 1 aliphatic rings. The molecule has 0 radical (unpaired) electrons. The summed E-state index contributed by atoms with van der Waals surface area (Å²) in [6.07, 6.45) is 5.61. The predicted molar refractivity (Wildman–Crippen MR) is 76.4 cm³/mol. The number of nitrogens with one attached hydrogen (secondary N) is 1. The first-order valence-electron chi connectivity index (χ1n) is 7.37. The van der Waals surface area contributed by atoms with Gasteiger partial charge in [-0.3, -0.25) is 0 Å². The van der Waals surface area contributed by atoms with E-state index < -0.39 is 0 Å². The highest BCUT2D eigenvalue weighted by molar-refractivity contribution is 4.84. The van der Waals surface area contributed by atoms with Crippen LogP contribution in [0.4, 0.5) is 0 Å². The molecule has 1 atom stereocenters. The average Bonchev–Trinajstić information content (AvgIpc) is 2.27. The molecule has 102 valence electrons. The van der Waals surface area contributed by atoms with E-state index >= 15 is 0 Å². The van der Waals surface area contributed by atoms with Gasteiger partial charge in [-0.15, -0.1) is 0 Å². The van der Waals surface area contributed by atoms with Crippen LogP contribution in [0.15, 0.2) is 0 Å². The molecule has 0 aromatic heterocycles. The van der Waals surface area contributed by atoms with E-state index in [-0.39, 0.29) is 0 Å². The molecule has 0 amide bonds. The number of rotatable bonds is 5. The predicted octanol–water partition coefficient (Wildman–Crippen LogP) is 3.13. The van der Waals surface area contributed by atoms with Gasteiger partial charge in [-0.25, -0.2) is 0 Å². The van der Waals surface area contributed by atoms with Crippen LogP contribution in [0.1, 0.15) is 53.4 Å². The summed E-state index contributed by atoms with van der Waals surface area (Å²) in [4.78, 5) is 2.65. The summed E-state index contributed by atoms with van der Waals surface area (Å²) >= 11 is 0. The van der Waals surface area contributed by atoms with Crippen molar-refractivity contribution in [3.63, 3.8) is 0 Å². The van der Waals surface area contributed by atoms with Gasteiger partial charge in [0.15, 0.2) is 0 Å². The summed E-state index contributed by atoms with van der Waals surface area (Å²) < 4.78 is 0. The smallest absolute Gasteiger partial charge is 0.0240 e. The van der Waals surface area contributed by atoms with E-state index in [1.54, 1.807) is 0 Å². The van der Waals surface area contributed by atoms with E-state index in [1.165, 1.54) is 45.3 Å². The van der Waals surface area contributed by atoms with Gasteiger partial charge in [0.25, 0.3) is 0 Å². The van der Waals surface area contributed by atoms with Crippen LogP contribution in [0.5, 0.6) is 0 Å². The molecule has 2 heteroatoms. The van der Waals surface area contributed by atoms with Gasteiger partial charge < -0.3 is 10.2 Å². The van der Waals surface area contributed by atoms with Gasteiger partial charge in [-0.1, -0.05) is 40.5 Å². The van der Waals surface area contributed by atoms with E-state index in [0.717, 1.165) is 5.92 Å². The highest BCUT2D eigenvalue weighted by atomic mass is 15.2. The van der Waals surface area contributed by atoms with Crippen molar-refractivity contribution in [2.45, 2.75) is 59.4 Å². The summed E-state index contributed by atoms with van der Waals surface area (Å²) in [6.45, 7) is 13.1. The lowest BCUT2D eigenvalue weighted by molar-refractivity contribution is 0.133. The van der Waals surface area contributed by atoms with E-state index in [0.29, 0.717) is 11.5 Å². The Hall–Kier alpha value is -0.0800. The van der Waals surface area contributed by atoms with Crippen molar-refractivity contribution >= 4 is 0 Å². The molecule has 1 N–H and O–H groups in total. The van der Waals surface area contributed by atoms with Crippen molar-refractivity contribution in [3.05, 3.63) is 0 Å². The fourth-order valence-corrected chi connectivity index (χ4v) is 2.92. The van der Waals surface area contributed by atoms with Crippen LogP contribution < -0.4 is 5.32 Å². The zero-order chi connectivity index (χ0) is 12.9. The fourth-order valence-electron chi connectivity index (χ4n) is 2.92. The topological polar surface area (TPSA) is 15.3 Å². The number of nitrogens with zero attached hydrogens (tertiary/aromatic N) is 1. The number of likely N-dealkylation sites (tertiary alicyclic amines) is 1. The second kappa shape index (κ2) is 6.75. The zero-order valence-electron chi connectivity index (χ0n) is 12.6. The molecule has 1 heterocycles. The van der Waals surface area contributed by atoms with Crippen LogP contribution in [-0.2, 0) is 0 Å². The Kier molecular flexibility index (Phi) is 5.94. The van der Waals surface area contributed by atoms with Crippen molar-refractivity contribution < 1.29 is 0 Å². The summed E-state index contributed by atoms with van der Waals surface area (Å²) in [5.41, 5.74) is 0.356. The molecule has 0 aliphatic carbocycles. The van der Waals surface area contributed by atoms with Crippen LogP contribution >= 0.6 is 0 Å². The first-order valence-corrected chi connectivity index (χ1v) is 7.37. The lowest BCUT2D eigenvalue weighted by Crippen LogP contribution is -2.49. The summed E-state index contributed by atoms with van der Waals surface area (Å²) in [6, 6.07) is 0.602. The maximum atomic E-state index is 3.48. The van der Waals surface area contributed by atoms with E-state index in [2.05, 4.69) is 45.0 Å². The first-order chi connectivity index (χ1) is 7.97. The minimum Gasteiger partial charge on any atom is -0.315 e. The highest BCUT2D eigenvalue weighted by Crippen LogP contribution is 2.24. The van der Waals surface area contributed by atoms with Crippen molar-refractivity contribution in [2.24, 2.45) is 11.3 Å². The third-order valence-corrected chi connectivity index (χ3v) is 4.24. The summed E-state index contributed by atoms with van der Waals surface area (Å²) in [5, 5.41) is 3.48. The molecule has 1 unspecified atom stereocenters. The quantitative estimate of drug-likeness (QED) is 0.794. The van der Waals surface area contributed by atoms with Crippen molar-refractivity contribution in [3.8, 4) is 0 Å². The van der Waals surface area contributed by atoms with Crippen LogP contribution in [0.25, 0.3) is 0 Å². The molecule has 2 nitrogen and oxygen atoms in total. The van der Waals surface area contributed by atoms with Gasteiger partial charge in [0, 0.05) is 12.6 Å². The van der Waals surface area contributed by atoms with Crippen LogP contribution in [0.3, 0.4) is 0 Å². The number of hydrogen-bond acceptors (Lipinski definition) is 2. The number of likely N-dealkylation sites (N-methyl/N-ethyl adjacent to an activating group) is 1. The Labute approximate surface area is 108 Å². The van der Waals surface area contributed by atoms with Crippen LogP contribution in [0, 0.1) is 11.3 Å². The van der Waals surface area contributed by atoms with E-state index in [1.807, 2.05) is 0 Å². The van der Waals surface area contributed by atoms with Gasteiger partial charge in [0.05, 0.1) is 0 Å². The minimum atomic E-state index is 0.356. The largest absolute Gasteiger partial charge is 0.315 e. The molecule has 1 fully saturated rings. The monoisotopic (exact) mass is 240 g/mol. The van der Waals surface area contributed by atoms with Crippen molar-refractivity contribution in [1.82, 2.24) is 10.2 Å². The zero-order valence-corrected chi connectivity index (χ0v) is 12.6. The highest BCUT2D eigenvalue weighted by Gasteiger charge is 2.27. The Bertz CT molecular complexity index is 199. The van der Waals surface area contributed by atoms with Gasteiger partial charge in [-0.2, -0.15) is 0 Å². The van der Waals surface area contributed by atoms with Gasteiger partial charge >= 0.3 is 0 Å². The second-order valence-corrected chi connectivity index (χ2v) is 6.74. The molecule has 1 saturated heterocycles. The molecule has 1 aliphatic heterocycles. The Morgan fingerprint density at radius 1 is 1.24 bits per heavy atom. The maximum Gasteiger partial charge on any atom is 0.0240 e. The van der Waals surface area contributed by atoms with E-state index in [9.17, 15) is 0 Å². The molecular weight excluding hydrogens is 208 g/mol. The third-order valence-electron chi connectivity index (χ3n) is 4.24. The minimum absolute atomic E-state index is 0.356. The number of piperidine rings is 1. The normalized spacial score (nSPS) is 21.7. The first kappa shape index (κ1) is 15.0. The van der Waals surface area contributed by atoms with Crippen molar-refractivity contribution in [1.29, 1.82) is 0 Å². The summed E-state index contributed by atoms with van der Waals surface area (Å²) in [5.74, 6) is 0.999. The lowest BCUT2D eigenvalue weighted by Gasteiger charge is -2.38. The fraction of sp³-hybridized carbons (Fsp3) is 1.00. The lowest BCUT2D eigenvalue weighted by atomic mass is 9.85. The van der Waals surface area contributed by atoms with Gasteiger partial charge in [-0.05, 0) is 44.3 Å². The molecule has 0 saturated carbocycles. The molecule has 17 heavy (non-hydrogen) atoms. The van der Waals surface area contributed by atoms with E-state index in [4.69, 9.17) is 0 Å². The second-order valence-electron chi connectivity index (χ2n) is 6.74.